The van der Waals surface area contributed by atoms with Crippen molar-refractivity contribution in [3.05, 3.63) is 41.7 Å². The van der Waals surface area contributed by atoms with Crippen LogP contribution in [0.4, 0.5) is 4.79 Å². The Kier molecular flexibility index (Phi) is 6.62. The number of amides is 1. The van der Waals surface area contributed by atoms with Gasteiger partial charge in [0.25, 0.3) is 0 Å². The number of nitrogens with one attached hydrogen (secondary N) is 1. The van der Waals surface area contributed by atoms with Crippen LogP contribution in [-0.2, 0) is 4.74 Å². The summed E-state index contributed by atoms with van der Waals surface area (Å²) in [4.78, 5) is 23.9. The van der Waals surface area contributed by atoms with Gasteiger partial charge in [-0.25, -0.2) is 9.59 Å². The fourth-order valence-electron chi connectivity index (χ4n) is 2.30. The molecular weight excluding hydrogens is 322 g/mol. The molecule has 1 heterocycles. The maximum atomic E-state index is 12.1. The summed E-state index contributed by atoms with van der Waals surface area (Å²) in [7, 11) is 0. The third kappa shape index (κ3) is 5.11. The minimum absolute atomic E-state index is 0.281. The molecule has 0 aliphatic carbocycles. The molecule has 0 atom stereocenters. The predicted molar refractivity (Wildman–Crippen MR) is 93.8 cm³/mol. The summed E-state index contributed by atoms with van der Waals surface area (Å²) in [6, 6.07) is 8.47. The number of hydrogen-bond acceptors (Lipinski definition) is 5. The second-order valence-electron chi connectivity index (χ2n) is 5.52. The Hall–Kier alpha value is -2.76. The summed E-state index contributed by atoms with van der Waals surface area (Å²) in [6.45, 7) is 6.40. The molecule has 6 nitrogen and oxygen atoms in total. The lowest BCUT2D eigenvalue weighted by molar-refractivity contribution is 0.0526. The van der Waals surface area contributed by atoms with Crippen molar-refractivity contribution in [2.45, 2.75) is 33.6 Å². The maximum Gasteiger partial charge on any atom is 0.412 e. The molecule has 6 heteroatoms. The smallest absolute Gasteiger partial charge is 0.412 e. The van der Waals surface area contributed by atoms with E-state index in [1.807, 2.05) is 6.92 Å². The van der Waals surface area contributed by atoms with Crippen molar-refractivity contribution in [1.82, 2.24) is 5.32 Å². The molecule has 0 saturated heterocycles. The lowest BCUT2D eigenvalue weighted by atomic mass is 10.1. The third-order valence-corrected chi connectivity index (χ3v) is 3.46. The van der Waals surface area contributed by atoms with Crippen LogP contribution in [0.5, 0.6) is 5.75 Å². The topological polar surface area (TPSA) is 77.8 Å². The standard InChI is InChI=1S/C19H23NO5/c1-4-6-10-20-19(22)25-15-9-7-8-14(12-15)17-16(11-13(3)24-17)18(21)23-5-2/h7-9,11-12H,4-6,10H2,1-3H3,(H,20,22). The first-order chi connectivity index (χ1) is 12.0. The van der Waals surface area contributed by atoms with Gasteiger partial charge in [0.1, 0.15) is 22.8 Å². The number of carbonyl (C=O) groups is 2. The number of carbonyl (C=O) groups excluding carboxylic acids is 2. The SMILES string of the molecule is CCCCNC(=O)Oc1cccc(-c2oc(C)cc2C(=O)OCC)c1. The van der Waals surface area contributed by atoms with Crippen LogP contribution in [0.15, 0.2) is 34.7 Å². The van der Waals surface area contributed by atoms with Crippen molar-refractivity contribution in [2.24, 2.45) is 0 Å². The molecule has 2 rings (SSSR count). The number of benzene rings is 1. The van der Waals surface area contributed by atoms with Crippen LogP contribution in [0.3, 0.4) is 0 Å². The van der Waals surface area contributed by atoms with Gasteiger partial charge in [0.05, 0.1) is 6.61 Å². The summed E-state index contributed by atoms with van der Waals surface area (Å²) in [5.41, 5.74) is 0.985. The van der Waals surface area contributed by atoms with Gasteiger partial charge in [0.15, 0.2) is 0 Å². The van der Waals surface area contributed by atoms with Crippen LogP contribution in [-0.4, -0.2) is 25.2 Å². The average Bonchev–Trinajstić information content (AvgIpc) is 2.98. The molecule has 0 unspecified atom stereocenters. The van der Waals surface area contributed by atoms with Crippen molar-refractivity contribution in [3.8, 4) is 17.1 Å². The highest BCUT2D eigenvalue weighted by Gasteiger charge is 2.19. The predicted octanol–water partition coefficient (Wildman–Crippen LogP) is 4.32. The second kappa shape index (κ2) is 8.92. The van der Waals surface area contributed by atoms with Gasteiger partial charge in [-0.3, -0.25) is 0 Å². The number of rotatable bonds is 7. The van der Waals surface area contributed by atoms with E-state index in [0.29, 0.717) is 34.9 Å². The van der Waals surface area contributed by atoms with Crippen LogP contribution in [0.25, 0.3) is 11.3 Å². The van der Waals surface area contributed by atoms with Gasteiger partial charge >= 0.3 is 12.1 Å². The lowest BCUT2D eigenvalue weighted by Gasteiger charge is -2.08. The molecule has 1 amide bonds. The Morgan fingerprint density at radius 3 is 2.72 bits per heavy atom. The Morgan fingerprint density at radius 2 is 2.00 bits per heavy atom. The van der Waals surface area contributed by atoms with E-state index in [2.05, 4.69) is 5.32 Å². The molecule has 0 bridgehead atoms. The van der Waals surface area contributed by atoms with Crippen molar-refractivity contribution in [2.75, 3.05) is 13.2 Å². The molecular formula is C19H23NO5. The Bertz CT molecular complexity index is 735. The van der Waals surface area contributed by atoms with E-state index in [9.17, 15) is 9.59 Å². The van der Waals surface area contributed by atoms with E-state index in [-0.39, 0.29) is 6.61 Å². The highest BCUT2D eigenvalue weighted by atomic mass is 16.6. The molecule has 1 aromatic heterocycles. The number of unbranched alkanes of at least 4 members (excludes halogenated alkanes) is 1. The van der Waals surface area contributed by atoms with Crippen LogP contribution < -0.4 is 10.1 Å². The Balaban J connectivity index is 2.19. The maximum absolute atomic E-state index is 12.1. The van der Waals surface area contributed by atoms with Crippen LogP contribution in [0.1, 0.15) is 42.8 Å². The van der Waals surface area contributed by atoms with Gasteiger partial charge in [-0.05, 0) is 38.5 Å². The lowest BCUT2D eigenvalue weighted by Crippen LogP contribution is -2.27. The van der Waals surface area contributed by atoms with E-state index in [1.165, 1.54) is 0 Å². The van der Waals surface area contributed by atoms with Crippen molar-refractivity contribution in [3.63, 3.8) is 0 Å². The molecule has 0 radical (unpaired) electrons. The van der Waals surface area contributed by atoms with E-state index in [0.717, 1.165) is 12.8 Å². The largest absolute Gasteiger partial charge is 0.462 e. The summed E-state index contributed by atoms with van der Waals surface area (Å²) in [5.74, 6) is 0.919. The van der Waals surface area contributed by atoms with Gasteiger partial charge in [0.2, 0.25) is 0 Å². The van der Waals surface area contributed by atoms with Gasteiger partial charge in [-0.1, -0.05) is 25.5 Å². The minimum atomic E-state index is -0.508. The molecule has 25 heavy (non-hydrogen) atoms. The van der Waals surface area contributed by atoms with E-state index in [4.69, 9.17) is 13.9 Å². The highest BCUT2D eigenvalue weighted by molar-refractivity contribution is 5.96. The van der Waals surface area contributed by atoms with E-state index < -0.39 is 12.1 Å². The number of esters is 1. The molecule has 0 spiro atoms. The molecule has 2 aromatic rings. The van der Waals surface area contributed by atoms with Crippen molar-refractivity contribution < 1.29 is 23.5 Å². The molecule has 0 fully saturated rings. The molecule has 134 valence electrons. The zero-order valence-corrected chi connectivity index (χ0v) is 14.8. The van der Waals surface area contributed by atoms with E-state index >= 15 is 0 Å². The zero-order valence-electron chi connectivity index (χ0n) is 14.8. The normalized spacial score (nSPS) is 10.4. The highest BCUT2D eigenvalue weighted by Crippen LogP contribution is 2.30. The second-order valence-corrected chi connectivity index (χ2v) is 5.52. The number of furan rings is 1. The van der Waals surface area contributed by atoms with Crippen molar-refractivity contribution in [1.29, 1.82) is 0 Å². The molecule has 0 saturated carbocycles. The van der Waals surface area contributed by atoms with Crippen LogP contribution in [0.2, 0.25) is 0 Å². The zero-order chi connectivity index (χ0) is 18.2. The number of hydrogen-bond donors (Lipinski definition) is 1. The molecule has 0 aliphatic rings. The van der Waals surface area contributed by atoms with Crippen LogP contribution >= 0.6 is 0 Å². The summed E-state index contributed by atoms with van der Waals surface area (Å²) >= 11 is 0. The Morgan fingerprint density at radius 1 is 1.20 bits per heavy atom. The van der Waals surface area contributed by atoms with Crippen LogP contribution in [0, 0.1) is 6.92 Å². The first-order valence-corrected chi connectivity index (χ1v) is 8.38. The first kappa shape index (κ1) is 18.6. The molecule has 1 aromatic carbocycles. The van der Waals surface area contributed by atoms with Gasteiger partial charge < -0.3 is 19.2 Å². The quantitative estimate of drug-likeness (QED) is 0.597. The molecule has 1 N–H and O–H groups in total. The Labute approximate surface area is 147 Å². The monoisotopic (exact) mass is 345 g/mol. The van der Waals surface area contributed by atoms with Gasteiger partial charge in [-0.15, -0.1) is 0 Å². The number of ether oxygens (including phenoxy) is 2. The molecule has 0 aliphatic heterocycles. The average molecular weight is 345 g/mol. The number of aryl methyl sites for hydroxylation is 1. The first-order valence-electron chi connectivity index (χ1n) is 8.38. The summed E-state index contributed by atoms with van der Waals surface area (Å²) < 4.78 is 16.0. The van der Waals surface area contributed by atoms with E-state index in [1.54, 1.807) is 44.2 Å². The van der Waals surface area contributed by atoms with Crippen molar-refractivity contribution >= 4 is 12.1 Å². The third-order valence-electron chi connectivity index (χ3n) is 3.46. The summed E-state index contributed by atoms with van der Waals surface area (Å²) in [5, 5.41) is 2.68. The summed E-state index contributed by atoms with van der Waals surface area (Å²) in [6.07, 6.45) is 1.38. The fraction of sp³-hybridized carbons (Fsp3) is 0.368. The van der Waals surface area contributed by atoms with Gasteiger partial charge in [-0.2, -0.15) is 0 Å². The fourth-order valence-corrected chi connectivity index (χ4v) is 2.30. The van der Waals surface area contributed by atoms with Gasteiger partial charge in [0, 0.05) is 12.1 Å². The minimum Gasteiger partial charge on any atom is -0.462 e.